The van der Waals surface area contributed by atoms with Gasteiger partial charge in [0.2, 0.25) is 10.0 Å². The number of hydrogen-bond acceptors (Lipinski definition) is 6. The summed E-state index contributed by atoms with van der Waals surface area (Å²) in [6, 6.07) is 15.9. The summed E-state index contributed by atoms with van der Waals surface area (Å²) in [6.07, 6.45) is 3.34. The number of hydrogen-bond donors (Lipinski definition) is 0. The highest BCUT2D eigenvalue weighted by atomic mass is 32.2. The fourth-order valence-electron chi connectivity index (χ4n) is 4.05. The number of carbonyl (C=O) groups is 1. The van der Waals surface area contributed by atoms with Crippen molar-refractivity contribution < 1.29 is 17.6 Å². The Morgan fingerprint density at radius 3 is 2.49 bits per heavy atom. The number of amides is 1. The van der Waals surface area contributed by atoms with Gasteiger partial charge < -0.3 is 4.42 Å². The van der Waals surface area contributed by atoms with Crippen molar-refractivity contribution in [2.45, 2.75) is 50.1 Å². The number of nitrogens with zero attached hydrogens (tertiary/aromatic N) is 3. The van der Waals surface area contributed by atoms with Gasteiger partial charge in [-0.1, -0.05) is 37.3 Å². The monoisotopic (exact) mass is 509 g/mol. The van der Waals surface area contributed by atoms with Crippen molar-refractivity contribution in [3.05, 3.63) is 77.7 Å². The number of sulfonamides is 1. The van der Waals surface area contributed by atoms with E-state index in [2.05, 4.69) is 19.9 Å². The first kappa shape index (κ1) is 23.7. The minimum Gasteiger partial charge on any atom is -0.467 e. The minimum atomic E-state index is -3.58. The van der Waals surface area contributed by atoms with Crippen molar-refractivity contribution in [1.82, 2.24) is 9.29 Å². The molecule has 1 amide bonds. The van der Waals surface area contributed by atoms with Gasteiger partial charge in [-0.2, -0.15) is 4.31 Å². The van der Waals surface area contributed by atoms with E-state index in [1.54, 1.807) is 36.4 Å². The SMILES string of the molecule is CC(C)c1cccc2sc(N(Cc3ccco3)C(=O)c3ccc(S(=O)(=O)N(C)C4CC4)cc3)nc12. The molecule has 7 nitrogen and oxygen atoms in total. The Labute approximate surface area is 209 Å². The molecule has 1 aliphatic rings. The van der Waals surface area contributed by atoms with Crippen molar-refractivity contribution in [2.75, 3.05) is 11.9 Å². The molecule has 4 aromatic rings. The molecular weight excluding hydrogens is 482 g/mol. The van der Waals surface area contributed by atoms with E-state index in [1.807, 2.05) is 18.2 Å². The molecular formula is C26H27N3O4S2. The Morgan fingerprint density at radius 2 is 1.86 bits per heavy atom. The number of thiazole rings is 1. The predicted molar refractivity (Wildman–Crippen MR) is 137 cm³/mol. The van der Waals surface area contributed by atoms with E-state index < -0.39 is 10.0 Å². The first-order chi connectivity index (χ1) is 16.8. The summed E-state index contributed by atoms with van der Waals surface area (Å²) in [5.74, 6) is 0.657. The molecule has 0 unspecified atom stereocenters. The highest BCUT2D eigenvalue weighted by molar-refractivity contribution is 7.89. The molecule has 0 radical (unpaired) electrons. The number of rotatable bonds is 8. The number of carbonyl (C=O) groups excluding carboxylic acids is 1. The standard InChI is InChI=1S/C26H27N3O4S2/c1-17(2)22-7-4-8-23-24(22)27-26(34-23)29(16-20-6-5-15-33-20)25(30)18-9-13-21(14-10-18)35(31,32)28(3)19-11-12-19/h4-10,13-15,17,19H,11-12,16H2,1-3H3. The third-order valence-corrected chi connectivity index (χ3v) is 9.24. The Kier molecular flexibility index (Phi) is 6.25. The molecule has 1 saturated carbocycles. The first-order valence-corrected chi connectivity index (χ1v) is 13.8. The van der Waals surface area contributed by atoms with Crippen molar-refractivity contribution in [3.8, 4) is 0 Å². The highest BCUT2D eigenvalue weighted by Crippen LogP contribution is 2.35. The van der Waals surface area contributed by atoms with Crippen LogP contribution in [0.25, 0.3) is 10.2 Å². The van der Waals surface area contributed by atoms with Crippen LogP contribution in [0, 0.1) is 0 Å². The second-order valence-corrected chi connectivity index (χ2v) is 12.1. The summed E-state index contributed by atoms with van der Waals surface area (Å²) in [4.78, 5) is 20.3. The fraction of sp³-hybridized carbons (Fsp3) is 0.308. The number of aromatic nitrogens is 1. The van der Waals surface area contributed by atoms with Gasteiger partial charge in [-0.3, -0.25) is 9.69 Å². The summed E-state index contributed by atoms with van der Waals surface area (Å²) >= 11 is 1.45. The Hall–Kier alpha value is -3.01. The number of benzene rings is 2. The van der Waals surface area contributed by atoms with Crippen LogP contribution in [0.2, 0.25) is 0 Å². The van der Waals surface area contributed by atoms with Crippen LogP contribution in [0.5, 0.6) is 0 Å². The van der Waals surface area contributed by atoms with Crippen molar-refractivity contribution in [3.63, 3.8) is 0 Å². The van der Waals surface area contributed by atoms with E-state index in [1.165, 1.54) is 27.8 Å². The molecule has 2 aromatic carbocycles. The molecule has 2 heterocycles. The van der Waals surface area contributed by atoms with Crippen LogP contribution in [0.15, 0.2) is 70.2 Å². The van der Waals surface area contributed by atoms with Gasteiger partial charge in [0, 0.05) is 18.7 Å². The zero-order valence-electron chi connectivity index (χ0n) is 19.8. The molecule has 35 heavy (non-hydrogen) atoms. The van der Waals surface area contributed by atoms with Crippen molar-refractivity contribution in [1.29, 1.82) is 0 Å². The fourth-order valence-corrected chi connectivity index (χ4v) is 6.46. The van der Waals surface area contributed by atoms with E-state index >= 15 is 0 Å². The quantitative estimate of drug-likeness (QED) is 0.307. The van der Waals surface area contributed by atoms with Gasteiger partial charge in [-0.05, 0) is 66.8 Å². The largest absolute Gasteiger partial charge is 0.467 e. The summed E-state index contributed by atoms with van der Waals surface area (Å²) in [6.45, 7) is 4.46. The van der Waals surface area contributed by atoms with Crippen LogP contribution in [-0.2, 0) is 16.6 Å². The summed E-state index contributed by atoms with van der Waals surface area (Å²) in [5.41, 5.74) is 2.40. The van der Waals surface area contributed by atoms with Gasteiger partial charge in [0.1, 0.15) is 5.76 Å². The van der Waals surface area contributed by atoms with Crippen LogP contribution in [0.1, 0.15) is 54.3 Å². The van der Waals surface area contributed by atoms with E-state index in [0.29, 0.717) is 22.4 Å². The first-order valence-electron chi connectivity index (χ1n) is 11.6. The molecule has 2 aromatic heterocycles. The molecule has 0 N–H and O–H groups in total. The van der Waals surface area contributed by atoms with E-state index in [-0.39, 0.29) is 23.4 Å². The molecule has 0 aliphatic heterocycles. The maximum absolute atomic E-state index is 13.7. The Morgan fingerprint density at radius 1 is 1.11 bits per heavy atom. The van der Waals surface area contributed by atoms with Crippen LogP contribution >= 0.6 is 11.3 Å². The lowest BCUT2D eigenvalue weighted by atomic mass is 10.0. The lowest BCUT2D eigenvalue weighted by molar-refractivity contribution is 0.0983. The molecule has 182 valence electrons. The maximum Gasteiger partial charge on any atom is 0.260 e. The van der Waals surface area contributed by atoms with Gasteiger partial charge in [-0.25, -0.2) is 13.4 Å². The van der Waals surface area contributed by atoms with Gasteiger partial charge in [0.15, 0.2) is 5.13 Å². The number of anilines is 1. The molecule has 1 aliphatic carbocycles. The number of furan rings is 1. The third-order valence-electron chi connectivity index (χ3n) is 6.27. The van der Waals surface area contributed by atoms with Crippen LogP contribution in [0.3, 0.4) is 0 Å². The van der Waals surface area contributed by atoms with E-state index in [0.717, 1.165) is 28.6 Å². The second kappa shape index (κ2) is 9.22. The molecule has 0 atom stereocenters. The Balaban J connectivity index is 1.50. The van der Waals surface area contributed by atoms with Gasteiger partial charge in [0.05, 0.1) is 27.9 Å². The number of fused-ring (bicyclic) bond motifs is 1. The molecule has 0 spiro atoms. The predicted octanol–water partition coefficient (Wildman–Crippen LogP) is 5.64. The summed E-state index contributed by atoms with van der Waals surface area (Å²) in [7, 11) is -1.97. The number of para-hydroxylation sites is 1. The topological polar surface area (TPSA) is 83.7 Å². The second-order valence-electron chi connectivity index (χ2n) is 9.09. The average molecular weight is 510 g/mol. The van der Waals surface area contributed by atoms with Gasteiger partial charge in [0.25, 0.3) is 5.91 Å². The lowest BCUT2D eigenvalue weighted by Gasteiger charge is -2.20. The summed E-state index contributed by atoms with van der Waals surface area (Å²) in [5, 5.41) is 0.569. The highest BCUT2D eigenvalue weighted by Gasteiger charge is 2.35. The molecule has 0 bridgehead atoms. The van der Waals surface area contributed by atoms with E-state index in [4.69, 9.17) is 9.40 Å². The van der Waals surface area contributed by atoms with Crippen LogP contribution in [0.4, 0.5) is 5.13 Å². The third kappa shape index (κ3) is 4.63. The minimum absolute atomic E-state index is 0.0693. The molecule has 5 rings (SSSR count). The van der Waals surface area contributed by atoms with Gasteiger partial charge in [-0.15, -0.1) is 0 Å². The van der Waals surface area contributed by atoms with E-state index in [9.17, 15) is 13.2 Å². The van der Waals surface area contributed by atoms with Crippen molar-refractivity contribution in [2.24, 2.45) is 0 Å². The summed E-state index contributed by atoms with van der Waals surface area (Å²) < 4.78 is 33.7. The normalized spacial score (nSPS) is 14.2. The zero-order valence-corrected chi connectivity index (χ0v) is 21.5. The molecule has 1 fully saturated rings. The lowest BCUT2D eigenvalue weighted by Crippen LogP contribution is -2.31. The molecule has 0 saturated heterocycles. The van der Waals surface area contributed by atoms with Gasteiger partial charge >= 0.3 is 0 Å². The zero-order chi connectivity index (χ0) is 24.7. The van der Waals surface area contributed by atoms with Crippen molar-refractivity contribution >= 4 is 42.6 Å². The average Bonchev–Trinajstić information content (AvgIpc) is 3.39. The smallest absolute Gasteiger partial charge is 0.260 e. The molecule has 9 heteroatoms. The van der Waals surface area contributed by atoms with Crippen LogP contribution < -0.4 is 4.90 Å². The van der Waals surface area contributed by atoms with Crippen LogP contribution in [-0.4, -0.2) is 36.7 Å². The Bertz CT molecular complexity index is 1450. The maximum atomic E-state index is 13.7.